The van der Waals surface area contributed by atoms with Gasteiger partial charge in [-0.3, -0.25) is 9.78 Å². The molecule has 5 aromatic rings. The van der Waals surface area contributed by atoms with Gasteiger partial charge in [0.2, 0.25) is 0 Å². The number of nitrogens with two attached hydrogens (primary N) is 1. The van der Waals surface area contributed by atoms with Crippen LogP contribution in [0.1, 0.15) is 47.8 Å². The molecule has 2 atom stereocenters. The van der Waals surface area contributed by atoms with Crippen LogP contribution in [0.15, 0.2) is 66.0 Å². The van der Waals surface area contributed by atoms with Gasteiger partial charge in [0.1, 0.15) is 10.7 Å². The minimum atomic E-state index is -3.74. The fourth-order valence-electron chi connectivity index (χ4n) is 6.38. The van der Waals surface area contributed by atoms with Crippen molar-refractivity contribution in [2.75, 3.05) is 12.0 Å². The molecule has 208 valence electrons. The summed E-state index contributed by atoms with van der Waals surface area (Å²) in [5.41, 5.74) is 11.0. The van der Waals surface area contributed by atoms with E-state index >= 15 is 0 Å². The summed E-state index contributed by atoms with van der Waals surface area (Å²) in [6.07, 6.45) is 8.76. The molecule has 12 nitrogen and oxygen atoms in total. The first-order valence-corrected chi connectivity index (χ1v) is 15.3. The van der Waals surface area contributed by atoms with Crippen LogP contribution in [-0.4, -0.2) is 72.6 Å². The summed E-state index contributed by atoms with van der Waals surface area (Å²) in [6.45, 7) is 0. The van der Waals surface area contributed by atoms with Crippen molar-refractivity contribution in [3.05, 3.63) is 72.4 Å². The number of benzene rings is 1. The first-order chi connectivity index (χ1) is 19.8. The number of nitrogens with one attached hydrogen (secondary N) is 1. The summed E-state index contributed by atoms with van der Waals surface area (Å²) in [7, 11) is -3.74. The molecule has 1 amide bonds. The van der Waals surface area contributed by atoms with Crippen molar-refractivity contribution in [3.63, 3.8) is 0 Å². The van der Waals surface area contributed by atoms with Gasteiger partial charge in [-0.25, -0.2) is 13.4 Å². The van der Waals surface area contributed by atoms with E-state index in [1.165, 1.54) is 10.7 Å². The normalized spacial score (nSPS) is 20.5. The SMILES string of the molecule is CS(=O)(=O)c1c(C2CC3CCC(C2)N3C(=O)c2cn[nH]n2)nc2c(-c3ccc(-c4ccccc4)nc3)cnn2c1N. The average molecular weight is 570 g/mol. The molecule has 2 aliphatic rings. The number of amides is 1. The summed E-state index contributed by atoms with van der Waals surface area (Å²) < 4.78 is 27.5. The molecular formula is C28H27N9O3S. The van der Waals surface area contributed by atoms with Gasteiger partial charge in [-0.2, -0.15) is 25.0 Å². The van der Waals surface area contributed by atoms with Crippen molar-refractivity contribution in [2.45, 2.75) is 48.6 Å². The fourth-order valence-corrected chi connectivity index (χ4v) is 7.44. The number of carbonyl (C=O) groups excluding carboxylic acids is 1. The molecule has 2 saturated heterocycles. The number of aromatic amines is 1. The number of fused-ring (bicyclic) bond motifs is 3. The van der Waals surface area contributed by atoms with Crippen LogP contribution in [0.3, 0.4) is 0 Å². The lowest BCUT2D eigenvalue weighted by molar-refractivity contribution is 0.0562. The predicted molar refractivity (Wildman–Crippen MR) is 151 cm³/mol. The number of anilines is 1. The molecule has 13 heteroatoms. The van der Waals surface area contributed by atoms with E-state index in [0.717, 1.165) is 35.9 Å². The summed E-state index contributed by atoms with van der Waals surface area (Å²) in [5, 5.41) is 14.6. The van der Waals surface area contributed by atoms with Gasteiger partial charge < -0.3 is 10.6 Å². The van der Waals surface area contributed by atoms with Crippen LogP contribution in [0, 0.1) is 0 Å². The minimum Gasteiger partial charge on any atom is -0.382 e. The Bertz CT molecular complexity index is 1860. The first-order valence-electron chi connectivity index (χ1n) is 13.4. The van der Waals surface area contributed by atoms with Crippen LogP contribution in [0.2, 0.25) is 0 Å². The van der Waals surface area contributed by atoms with E-state index in [4.69, 9.17) is 10.7 Å². The number of piperidine rings is 1. The fraction of sp³-hybridized carbons (Fsp3) is 0.286. The number of H-pyrrole nitrogens is 1. The first kappa shape index (κ1) is 25.3. The topological polar surface area (TPSA) is 165 Å². The van der Waals surface area contributed by atoms with Crippen LogP contribution in [0.4, 0.5) is 5.82 Å². The van der Waals surface area contributed by atoms with Gasteiger partial charge in [0.15, 0.2) is 21.2 Å². The Kier molecular flexibility index (Phi) is 5.85. The molecule has 2 bridgehead atoms. The molecule has 0 spiro atoms. The molecule has 2 unspecified atom stereocenters. The number of nitrogens with zero attached hydrogens (tertiary/aromatic N) is 7. The van der Waals surface area contributed by atoms with Crippen LogP contribution in [0.25, 0.3) is 28.0 Å². The lowest BCUT2D eigenvalue weighted by Gasteiger charge is -2.38. The molecule has 0 aliphatic carbocycles. The van der Waals surface area contributed by atoms with Crippen molar-refractivity contribution in [1.82, 2.24) is 39.9 Å². The van der Waals surface area contributed by atoms with Crippen LogP contribution in [0.5, 0.6) is 0 Å². The Labute approximate surface area is 235 Å². The Morgan fingerprint density at radius 2 is 1.76 bits per heavy atom. The van der Waals surface area contributed by atoms with E-state index in [-0.39, 0.29) is 40.3 Å². The van der Waals surface area contributed by atoms with E-state index in [1.807, 2.05) is 47.4 Å². The summed E-state index contributed by atoms with van der Waals surface area (Å²) in [6, 6.07) is 13.6. The zero-order valence-corrected chi connectivity index (χ0v) is 23.0. The number of hydrogen-bond acceptors (Lipinski definition) is 9. The third-order valence-electron chi connectivity index (χ3n) is 8.17. The van der Waals surface area contributed by atoms with Gasteiger partial charge >= 0.3 is 0 Å². The number of aromatic nitrogens is 7. The highest BCUT2D eigenvalue weighted by Gasteiger charge is 2.46. The summed E-state index contributed by atoms with van der Waals surface area (Å²) in [4.78, 5) is 24.6. The van der Waals surface area contributed by atoms with Gasteiger partial charge in [0.25, 0.3) is 5.91 Å². The third kappa shape index (κ3) is 4.24. The minimum absolute atomic E-state index is 0.00196. The second-order valence-corrected chi connectivity index (χ2v) is 12.6. The molecule has 0 saturated carbocycles. The van der Waals surface area contributed by atoms with Crippen molar-refractivity contribution in [2.24, 2.45) is 0 Å². The zero-order chi connectivity index (χ0) is 28.3. The van der Waals surface area contributed by atoms with Crippen LogP contribution >= 0.6 is 0 Å². The largest absolute Gasteiger partial charge is 0.382 e. The molecule has 1 aromatic carbocycles. The maximum Gasteiger partial charge on any atom is 0.276 e. The maximum absolute atomic E-state index is 13.2. The molecule has 2 aliphatic heterocycles. The molecule has 7 rings (SSSR count). The predicted octanol–water partition coefficient (Wildman–Crippen LogP) is 3.11. The van der Waals surface area contributed by atoms with Crippen molar-refractivity contribution in [3.8, 4) is 22.4 Å². The van der Waals surface area contributed by atoms with Crippen molar-refractivity contribution in [1.29, 1.82) is 0 Å². The molecular weight excluding hydrogens is 542 g/mol. The van der Waals surface area contributed by atoms with Crippen LogP contribution in [-0.2, 0) is 9.84 Å². The van der Waals surface area contributed by atoms with Gasteiger partial charge in [-0.1, -0.05) is 36.4 Å². The molecule has 4 aromatic heterocycles. The Balaban J connectivity index is 1.29. The van der Waals surface area contributed by atoms with E-state index in [0.29, 0.717) is 29.7 Å². The monoisotopic (exact) mass is 569 g/mol. The maximum atomic E-state index is 13.2. The zero-order valence-electron chi connectivity index (χ0n) is 22.2. The van der Waals surface area contributed by atoms with Gasteiger partial charge in [-0.05, 0) is 31.7 Å². The van der Waals surface area contributed by atoms with E-state index in [2.05, 4.69) is 25.5 Å². The lowest BCUT2D eigenvalue weighted by atomic mass is 9.87. The third-order valence-corrected chi connectivity index (χ3v) is 9.33. The van der Waals surface area contributed by atoms with E-state index in [9.17, 15) is 13.2 Å². The second-order valence-electron chi connectivity index (χ2n) is 10.7. The van der Waals surface area contributed by atoms with Gasteiger partial charge in [-0.15, -0.1) is 0 Å². The number of carbonyl (C=O) groups is 1. The Hall–Kier alpha value is -4.65. The highest BCUT2D eigenvalue weighted by Crippen LogP contribution is 2.45. The van der Waals surface area contributed by atoms with Crippen LogP contribution < -0.4 is 5.73 Å². The summed E-state index contributed by atoms with van der Waals surface area (Å²) >= 11 is 0. The second kappa shape index (κ2) is 9.47. The summed E-state index contributed by atoms with van der Waals surface area (Å²) in [5.74, 6) is -0.339. The Morgan fingerprint density at radius 3 is 2.39 bits per heavy atom. The van der Waals surface area contributed by atoms with Gasteiger partial charge in [0.05, 0.1) is 23.8 Å². The highest BCUT2D eigenvalue weighted by atomic mass is 32.2. The van der Waals surface area contributed by atoms with E-state index in [1.54, 1.807) is 12.4 Å². The van der Waals surface area contributed by atoms with E-state index < -0.39 is 9.84 Å². The average Bonchev–Trinajstić information content (AvgIpc) is 3.71. The lowest BCUT2D eigenvalue weighted by Crippen LogP contribution is -2.46. The number of nitrogen functional groups attached to an aromatic ring is 1. The number of sulfone groups is 1. The molecule has 3 N–H and O–H groups in total. The quantitative estimate of drug-likeness (QED) is 0.323. The molecule has 6 heterocycles. The highest BCUT2D eigenvalue weighted by molar-refractivity contribution is 7.91. The number of hydrogen-bond donors (Lipinski definition) is 2. The Morgan fingerprint density at radius 1 is 1.00 bits per heavy atom. The number of rotatable bonds is 5. The standard InChI is InChI=1S/C28H27N9O3S/c1-41(39,40)25-24(18-11-19-8-9-20(12-18)36(19)28(38)23-15-31-35-34-23)33-27-21(14-32-37(27)26(25)29)17-7-10-22(30-13-17)16-5-3-2-4-6-16/h2-7,10,13-15,18-20H,8-9,11-12,29H2,1H3,(H,31,34,35). The number of pyridine rings is 1. The molecule has 41 heavy (non-hydrogen) atoms. The van der Waals surface area contributed by atoms with Crippen molar-refractivity contribution < 1.29 is 13.2 Å². The molecule has 0 radical (unpaired) electrons. The van der Waals surface area contributed by atoms with Gasteiger partial charge in [0, 0.05) is 47.1 Å². The molecule has 2 fully saturated rings. The van der Waals surface area contributed by atoms with Crippen molar-refractivity contribution >= 4 is 27.2 Å². The smallest absolute Gasteiger partial charge is 0.276 e.